The molecule has 1 unspecified atom stereocenters. The summed E-state index contributed by atoms with van der Waals surface area (Å²) < 4.78 is 5.40. The zero-order chi connectivity index (χ0) is 21.1. The van der Waals surface area contributed by atoms with Gasteiger partial charge in [0.2, 0.25) is 0 Å². The summed E-state index contributed by atoms with van der Waals surface area (Å²) in [7, 11) is 0. The molecule has 0 radical (unpaired) electrons. The number of hydrogen-bond donors (Lipinski definition) is 1. The van der Waals surface area contributed by atoms with Crippen LogP contribution in [0.2, 0.25) is 5.02 Å². The molecule has 1 N–H and O–H groups in total. The number of carbonyl (C=O) groups excluding carboxylic acids is 1. The Hall–Kier alpha value is -2.73. The Bertz CT molecular complexity index is 1050. The van der Waals surface area contributed by atoms with E-state index in [2.05, 4.69) is 28.1 Å². The molecule has 1 amide bonds. The van der Waals surface area contributed by atoms with E-state index in [1.54, 1.807) is 31.2 Å². The van der Waals surface area contributed by atoms with Crippen molar-refractivity contribution in [1.82, 2.24) is 15.4 Å². The third kappa shape index (κ3) is 4.32. The Morgan fingerprint density at radius 2 is 2.10 bits per heavy atom. The van der Waals surface area contributed by atoms with Crippen molar-refractivity contribution >= 4 is 58.6 Å². The van der Waals surface area contributed by atoms with Gasteiger partial charge in [0.1, 0.15) is 28.7 Å². The number of nitrogens with zero attached hydrogens (tertiary/aromatic N) is 4. The maximum atomic E-state index is 12.4. The molecule has 148 valence electrons. The maximum absolute atomic E-state index is 12.4. The van der Waals surface area contributed by atoms with Crippen molar-refractivity contribution in [3.8, 4) is 11.8 Å². The number of thioether (sulfide) groups is 1. The van der Waals surface area contributed by atoms with E-state index in [4.69, 9.17) is 27.9 Å². The summed E-state index contributed by atoms with van der Waals surface area (Å²) in [4.78, 5) is 21.2. The second kappa shape index (κ2) is 8.74. The van der Waals surface area contributed by atoms with Crippen molar-refractivity contribution in [2.45, 2.75) is 17.5 Å². The number of nitriles is 1. The molecule has 1 aromatic heterocycles. The summed E-state index contributed by atoms with van der Waals surface area (Å²) in [6.07, 6.45) is 3.20. The number of ether oxygens (including phenoxy) is 1. The first-order valence-electron chi connectivity index (χ1n) is 8.24. The van der Waals surface area contributed by atoms with Crippen LogP contribution in [-0.2, 0) is 4.79 Å². The lowest BCUT2D eigenvalue weighted by Crippen LogP contribution is -2.45. The molecule has 3 rings (SSSR count). The highest BCUT2D eigenvalue weighted by Gasteiger charge is 2.27. The van der Waals surface area contributed by atoms with Gasteiger partial charge >= 0.3 is 0 Å². The number of amides is 1. The average Bonchev–Trinajstić information content (AvgIpc) is 2.71. The van der Waals surface area contributed by atoms with Crippen molar-refractivity contribution < 1.29 is 9.53 Å². The summed E-state index contributed by atoms with van der Waals surface area (Å²) in [6, 6.07) is 8.59. The van der Waals surface area contributed by atoms with Gasteiger partial charge in [0.25, 0.3) is 11.5 Å². The summed E-state index contributed by atoms with van der Waals surface area (Å²) >= 11 is 13.3. The lowest BCUT2D eigenvalue weighted by atomic mass is 10.0. The quantitative estimate of drug-likeness (QED) is 0.543. The molecule has 1 aliphatic rings. The van der Waals surface area contributed by atoms with Crippen molar-refractivity contribution in [3.63, 3.8) is 0 Å². The van der Waals surface area contributed by atoms with Crippen LogP contribution in [-0.4, -0.2) is 34.1 Å². The maximum Gasteiger partial charge on any atom is 0.295 e. The Morgan fingerprint density at radius 3 is 2.72 bits per heavy atom. The molecule has 1 atom stereocenters. The monoisotopic (exact) mass is 447 g/mol. The summed E-state index contributed by atoms with van der Waals surface area (Å²) in [5, 5.41) is 11.9. The normalized spacial score (nSPS) is 13.5. The zero-order valence-electron chi connectivity index (χ0n) is 15.4. The Kier molecular flexibility index (Phi) is 6.33. The molecule has 0 spiro atoms. The zero-order valence-corrected chi connectivity index (χ0v) is 17.8. The lowest BCUT2D eigenvalue weighted by Gasteiger charge is -2.29. The van der Waals surface area contributed by atoms with E-state index in [1.165, 1.54) is 23.1 Å². The lowest BCUT2D eigenvalue weighted by molar-refractivity contribution is -0.127. The fourth-order valence-corrected chi connectivity index (χ4v) is 3.49. The van der Waals surface area contributed by atoms with E-state index in [-0.39, 0.29) is 0 Å². The molecule has 7 nitrogen and oxygen atoms in total. The van der Waals surface area contributed by atoms with Gasteiger partial charge in [-0.3, -0.25) is 10.2 Å². The average molecular weight is 448 g/mol. The summed E-state index contributed by atoms with van der Waals surface area (Å²) in [5.74, 6) is -0.228. The molecule has 2 aromatic rings. The van der Waals surface area contributed by atoms with Gasteiger partial charge in [0.15, 0.2) is 0 Å². The largest absolute Gasteiger partial charge is 0.465 e. The van der Waals surface area contributed by atoms with Crippen LogP contribution in [0.15, 0.2) is 40.9 Å². The number of aromatic nitrogens is 1. The van der Waals surface area contributed by atoms with Gasteiger partial charge in [0, 0.05) is 10.6 Å². The standard InChI is InChI=1S/C19H15Cl2N5O2S/c1-10-15-11(2)26(9-23-16(15)14(8-22)19(24-10)29-3)25-18(27)17(21)28-13-6-4-12(20)5-7-13/h4-7,9,17H,2H2,1,3H3,(H,25,27). The molecular formula is C19H15Cl2N5O2S. The number of halogens is 2. The first kappa shape index (κ1) is 21.0. The number of carbonyl (C=O) groups is 1. The van der Waals surface area contributed by atoms with Gasteiger partial charge in [-0.2, -0.15) is 5.26 Å². The van der Waals surface area contributed by atoms with E-state index < -0.39 is 11.5 Å². The van der Waals surface area contributed by atoms with Crippen molar-refractivity contribution in [1.29, 1.82) is 5.26 Å². The van der Waals surface area contributed by atoms with Crippen LogP contribution in [0.1, 0.15) is 16.8 Å². The van der Waals surface area contributed by atoms with E-state index in [0.717, 1.165) is 0 Å². The molecule has 1 aliphatic heterocycles. The minimum Gasteiger partial charge on any atom is -0.465 e. The Balaban J connectivity index is 1.78. The Labute approximate surface area is 182 Å². The van der Waals surface area contributed by atoms with Crippen LogP contribution in [0.3, 0.4) is 0 Å². The molecule has 0 bridgehead atoms. The van der Waals surface area contributed by atoms with E-state index in [0.29, 0.717) is 44.0 Å². The number of fused-ring (bicyclic) bond motifs is 1. The first-order valence-corrected chi connectivity index (χ1v) is 10.3. The van der Waals surface area contributed by atoms with Crippen LogP contribution in [0.25, 0.3) is 5.70 Å². The number of benzene rings is 1. The van der Waals surface area contributed by atoms with Gasteiger partial charge in [-0.1, -0.05) is 29.8 Å². The molecule has 0 fully saturated rings. The van der Waals surface area contributed by atoms with Crippen LogP contribution in [0.4, 0.5) is 5.69 Å². The predicted molar refractivity (Wildman–Crippen MR) is 114 cm³/mol. The van der Waals surface area contributed by atoms with Crippen LogP contribution >= 0.6 is 35.0 Å². The van der Waals surface area contributed by atoms with E-state index in [1.807, 2.05) is 6.26 Å². The van der Waals surface area contributed by atoms with Gasteiger partial charge in [-0.25, -0.2) is 15.0 Å². The summed E-state index contributed by atoms with van der Waals surface area (Å²) in [5.41, 5.74) is 3.75. The number of aryl methyl sites for hydroxylation is 1. The number of aliphatic imine (C=N–C) groups is 1. The van der Waals surface area contributed by atoms with Gasteiger partial charge in [-0.05, 0) is 37.4 Å². The van der Waals surface area contributed by atoms with Crippen LogP contribution in [0, 0.1) is 18.3 Å². The minimum atomic E-state index is -1.30. The van der Waals surface area contributed by atoms with Gasteiger partial charge in [0.05, 0.1) is 17.1 Å². The summed E-state index contributed by atoms with van der Waals surface area (Å²) in [6.45, 7) is 5.79. The van der Waals surface area contributed by atoms with Crippen LogP contribution < -0.4 is 10.2 Å². The van der Waals surface area contributed by atoms with E-state index >= 15 is 0 Å². The molecular weight excluding hydrogens is 433 g/mol. The third-order valence-electron chi connectivity index (χ3n) is 4.00. The fraction of sp³-hybridized carbons (Fsp3) is 0.158. The fourth-order valence-electron chi connectivity index (χ4n) is 2.64. The number of alkyl halides is 1. The third-order valence-corrected chi connectivity index (χ3v) is 5.22. The second-order valence-electron chi connectivity index (χ2n) is 5.84. The molecule has 2 heterocycles. The first-order chi connectivity index (χ1) is 13.8. The molecule has 0 aliphatic carbocycles. The highest BCUT2D eigenvalue weighted by atomic mass is 35.5. The van der Waals surface area contributed by atoms with Gasteiger partial charge < -0.3 is 4.74 Å². The topological polar surface area (TPSA) is 90.6 Å². The molecule has 0 saturated carbocycles. The molecule has 0 saturated heterocycles. The molecule has 10 heteroatoms. The van der Waals surface area contributed by atoms with Crippen LogP contribution in [0.5, 0.6) is 5.75 Å². The predicted octanol–water partition coefficient (Wildman–Crippen LogP) is 4.26. The molecule has 29 heavy (non-hydrogen) atoms. The van der Waals surface area contributed by atoms with Crippen molar-refractivity contribution in [2.24, 2.45) is 4.99 Å². The number of pyridine rings is 1. The molecule has 1 aromatic carbocycles. The van der Waals surface area contributed by atoms with E-state index in [9.17, 15) is 10.1 Å². The smallest absolute Gasteiger partial charge is 0.295 e. The number of rotatable bonds is 5. The van der Waals surface area contributed by atoms with Crippen molar-refractivity contribution in [3.05, 3.63) is 52.7 Å². The van der Waals surface area contributed by atoms with Crippen molar-refractivity contribution in [2.75, 3.05) is 6.26 Å². The minimum absolute atomic E-state index is 0.364. The number of nitrogens with one attached hydrogen (secondary N) is 1. The SMILES string of the molecule is C=C1c2c(C)nc(SC)c(C#N)c2N=CN1NC(=O)C(Cl)Oc1ccc(Cl)cc1. The highest BCUT2D eigenvalue weighted by molar-refractivity contribution is 7.98. The second-order valence-corrected chi connectivity index (χ2v) is 7.47. The van der Waals surface area contributed by atoms with Gasteiger partial charge in [-0.15, -0.1) is 11.8 Å². The highest BCUT2D eigenvalue weighted by Crippen LogP contribution is 2.38. The number of hydrogen-bond acceptors (Lipinski definition) is 7. The number of hydrazine groups is 1. The Morgan fingerprint density at radius 1 is 1.41 bits per heavy atom.